The lowest BCUT2D eigenvalue weighted by atomic mass is 10.1. The van der Waals surface area contributed by atoms with E-state index >= 15 is 0 Å². The number of carboxylic acids is 1. The van der Waals surface area contributed by atoms with Crippen molar-refractivity contribution in [2.24, 2.45) is 0 Å². The molecule has 23 heavy (non-hydrogen) atoms. The van der Waals surface area contributed by atoms with Gasteiger partial charge in [0.1, 0.15) is 12.1 Å². The van der Waals surface area contributed by atoms with Gasteiger partial charge in [-0.1, -0.05) is 25.1 Å². The molecule has 0 aliphatic carbocycles. The van der Waals surface area contributed by atoms with Crippen molar-refractivity contribution in [1.29, 1.82) is 0 Å². The van der Waals surface area contributed by atoms with E-state index in [1.165, 1.54) is 12.1 Å². The Balaban J connectivity index is 2.26. The standard InChI is InChI=1S/C17H18N2O4/c1-3-12-6-4-5-7-14(12)18-15(20)10-19-11(2)8-9-13(16(19)21)17(22)23/h4-9H,3,10H2,1-2H3,(H,18,20)(H,22,23). The summed E-state index contributed by atoms with van der Waals surface area (Å²) in [6.07, 6.45) is 0.768. The average Bonchev–Trinajstić information content (AvgIpc) is 2.51. The van der Waals surface area contributed by atoms with Gasteiger partial charge in [0.05, 0.1) is 0 Å². The lowest BCUT2D eigenvalue weighted by Crippen LogP contribution is -2.32. The molecule has 1 heterocycles. The Labute approximate surface area is 133 Å². The zero-order valence-corrected chi connectivity index (χ0v) is 13.0. The van der Waals surface area contributed by atoms with Crippen LogP contribution in [0.2, 0.25) is 0 Å². The van der Waals surface area contributed by atoms with Gasteiger partial charge in [0.2, 0.25) is 5.91 Å². The maximum absolute atomic E-state index is 12.2. The maximum Gasteiger partial charge on any atom is 0.341 e. The third-order valence-corrected chi connectivity index (χ3v) is 3.60. The van der Waals surface area contributed by atoms with E-state index in [0.717, 1.165) is 16.6 Å². The summed E-state index contributed by atoms with van der Waals surface area (Å²) in [5.74, 6) is -1.68. The lowest BCUT2D eigenvalue weighted by molar-refractivity contribution is -0.116. The number of benzene rings is 1. The second-order valence-electron chi connectivity index (χ2n) is 5.14. The SMILES string of the molecule is CCc1ccccc1NC(=O)Cn1c(C)ccc(C(=O)O)c1=O. The molecule has 6 heteroatoms. The average molecular weight is 314 g/mol. The molecular weight excluding hydrogens is 296 g/mol. The molecule has 0 aliphatic rings. The van der Waals surface area contributed by atoms with Crippen LogP contribution in [-0.2, 0) is 17.8 Å². The molecule has 2 N–H and O–H groups in total. The van der Waals surface area contributed by atoms with Gasteiger partial charge >= 0.3 is 5.97 Å². The molecule has 2 rings (SSSR count). The van der Waals surface area contributed by atoms with Crippen LogP contribution in [0.15, 0.2) is 41.2 Å². The number of anilines is 1. The number of amides is 1. The highest BCUT2D eigenvalue weighted by Gasteiger charge is 2.15. The number of pyridine rings is 1. The zero-order valence-electron chi connectivity index (χ0n) is 13.0. The Morgan fingerprint density at radius 2 is 1.87 bits per heavy atom. The van der Waals surface area contributed by atoms with E-state index in [9.17, 15) is 14.4 Å². The van der Waals surface area contributed by atoms with E-state index < -0.39 is 11.5 Å². The van der Waals surface area contributed by atoms with Gasteiger partial charge in [-0.15, -0.1) is 0 Å². The highest BCUT2D eigenvalue weighted by molar-refractivity contribution is 5.91. The van der Waals surface area contributed by atoms with Crippen molar-refractivity contribution in [2.45, 2.75) is 26.8 Å². The smallest absolute Gasteiger partial charge is 0.341 e. The number of aryl methyl sites for hydroxylation is 2. The molecule has 1 aromatic carbocycles. The quantitative estimate of drug-likeness (QED) is 0.884. The van der Waals surface area contributed by atoms with Crippen molar-refractivity contribution in [2.75, 3.05) is 5.32 Å². The van der Waals surface area contributed by atoms with Crippen molar-refractivity contribution >= 4 is 17.6 Å². The minimum atomic E-state index is -1.31. The summed E-state index contributed by atoms with van der Waals surface area (Å²) in [6.45, 7) is 3.40. The molecule has 0 fully saturated rings. The third-order valence-electron chi connectivity index (χ3n) is 3.60. The number of nitrogens with one attached hydrogen (secondary N) is 1. The van der Waals surface area contributed by atoms with Crippen LogP contribution < -0.4 is 10.9 Å². The number of hydrogen-bond donors (Lipinski definition) is 2. The van der Waals surface area contributed by atoms with E-state index in [1.807, 2.05) is 25.1 Å². The second kappa shape index (κ2) is 6.91. The maximum atomic E-state index is 12.2. The monoisotopic (exact) mass is 314 g/mol. The van der Waals surface area contributed by atoms with Gasteiger partial charge < -0.3 is 15.0 Å². The van der Waals surface area contributed by atoms with Gasteiger partial charge in [0, 0.05) is 11.4 Å². The Hall–Kier alpha value is -2.89. The number of aromatic nitrogens is 1. The number of carbonyl (C=O) groups excluding carboxylic acids is 1. The van der Waals surface area contributed by atoms with Crippen molar-refractivity contribution in [3.8, 4) is 0 Å². The molecule has 0 spiro atoms. The first-order valence-electron chi connectivity index (χ1n) is 7.25. The Morgan fingerprint density at radius 3 is 2.52 bits per heavy atom. The number of rotatable bonds is 5. The topological polar surface area (TPSA) is 88.4 Å². The molecule has 0 aliphatic heterocycles. The van der Waals surface area contributed by atoms with E-state index in [-0.39, 0.29) is 18.0 Å². The lowest BCUT2D eigenvalue weighted by Gasteiger charge is -2.13. The number of nitrogens with zero attached hydrogens (tertiary/aromatic N) is 1. The van der Waals surface area contributed by atoms with Crippen LogP contribution in [0.5, 0.6) is 0 Å². The fraction of sp³-hybridized carbons (Fsp3) is 0.235. The Kier molecular flexibility index (Phi) is 4.95. The molecule has 1 amide bonds. The van der Waals surface area contributed by atoms with Crippen LogP contribution in [0.25, 0.3) is 0 Å². The molecule has 120 valence electrons. The summed E-state index contributed by atoms with van der Waals surface area (Å²) in [5.41, 5.74) is 1.18. The second-order valence-corrected chi connectivity index (χ2v) is 5.14. The van der Waals surface area contributed by atoms with Crippen LogP contribution in [0, 0.1) is 6.92 Å². The molecule has 0 saturated carbocycles. The number of para-hydroxylation sites is 1. The summed E-state index contributed by atoms with van der Waals surface area (Å²) < 4.78 is 1.16. The predicted octanol–water partition coefficient (Wildman–Crippen LogP) is 2.06. The molecule has 0 bridgehead atoms. The normalized spacial score (nSPS) is 10.3. The van der Waals surface area contributed by atoms with Crippen molar-refractivity contribution in [3.63, 3.8) is 0 Å². The first-order chi connectivity index (χ1) is 10.9. The first-order valence-corrected chi connectivity index (χ1v) is 7.25. The van der Waals surface area contributed by atoms with E-state index in [1.54, 1.807) is 13.0 Å². The Bertz CT molecular complexity index is 808. The predicted molar refractivity (Wildman–Crippen MR) is 86.8 cm³/mol. The summed E-state index contributed by atoms with van der Waals surface area (Å²) in [6, 6.07) is 10.2. The molecule has 0 saturated heterocycles. The zero-order chi connectivity index (χ0) is 17.0. The summed E-state index contributed by atoms with van der Waals surface area (Å²) in [5, 5.41) is 11.8. The van der Waals surface area contributed by atoms with Gasteiger partial charge in [-0.25, -0.2) is 4.79 Å². The Morgan fingerprint density at radius 1 is 1.17 bits per heavy atom. The van der Waals surface area contributed by atoms with Gasteiger partial charge in [0.25, 0.3) is 5.56 Å². The fourth-order valence-electron chi connectivity index (χ4n) is 2.31. The van der Waals surface area contributed by atoms with Crippen LogP contribution in [0.4, 0.5) is 5.69 Å². The highest BCUT2D eigenvalue weighted by atomic mass is 16.4. The van der Waals surface area contributed by atoms with Crippen molar-refractivity contribution < 1.29 is 14.7 Å². The van der Waals surface area contributed by atoms with Gasteiger partial charge in [0.15, 0.2) is 0 Å². The number of carbonyl (C=O) groups is 2. The van der Waals surface area contributed by atoms with Crippen LogP contribution in [0.1, 0.15) is 28.5 Å². The molecule has 1 aromatic heterocycles. The molecule has 6 nitrogen and oxygen atoms in total. The molecular formula is C17H18N2O4. The van der Waals surface area contributed by atoms with Crippen LogP contribution in [0.3, 0.4) is 0 Å². The summed E-state index contributed by atoms with van der Waals surface area (Å²) in [7, 11) is 0. The fourth-order valence-corrected chi connectivity index (χ4v) is 2.31. The molecule has 0 radical (unpaired) electrons. The largest absolute Gasteiger partial charge is 0.477 e. The molecule has 0 unspecified atom stereocenters. The first kappa shape index (κ1) is 16.5. The van der Waals surface area contributed by atoms with Crippen LogP contribution in [-0.4, -0.2) is 21.6 Å². The molecule has 2 aromatic rings. The van der Waals surface area contributed by atoms with Gasteiger partial charge in [-0.05, 0) is 37.1 Å². The number of hydrogen-bond acceptors (Lipinski definition) is 3. The molecule has 0 atom stereocenters. The van der Waals surface area contributed by atoms with E-state index in [0.29, 0.717) is 11.4 Å². The summed E-state index contributed by atoms with van der Waals surface area (Å²) in [4.78, 5) is 35.4. The number of aromatic carboxylic acids is 1. The minimum absolute atomic E-state index is 0.232. The highest BCUT2D eigenvalue weighted by Crippen LogP contribution is 2.15. The van der Waals surface area contributed by atoms with Gasteiger partial charge in [-0.3, -0.25) is 9.59 Å². The third kappa shape index (κ3) is 3.66. The van der Waals surface area contributed by atoms with E-state index in [2.05, 4.69) is 5.32 Å². The van der Waals surface area contributed by atoms with Gasteiger partial charge in [-0.2, -0.15) is 0 Å². The van der Waals surface area contributed by atoms with Crippen molar-refractivity contribution in [3.05, 3.63) is 63.6 Å². The summed E-state index contributed by atoms with van der Waals surface area (Å²) >= 11 is 0. The van der Waals surface area contributed by atoms with E-state index in [4.69, 9.17) is 5.11 Å². The minimum Gasteiger partial charge on any atom is -0.477 e. The number of carboxylic acid groups (broad SMARTS) is 1. The van der Waals surface area contributed by atoms with Crippen LogP contribution >= 0.6 is 0 Å². The van der Waals surface area contributed by atoms with Crippen molar-refractivity contribution in [1.82, 2.24) is 4.57 Å².